The summed E-state index contributed by atoms with van der Waals surface area (Å²) in [6.45, 7) is 5.85. The lowest BCUT2D eigenvalue weighted by molar-refractivity contribution is 0.0740. The van der Waals surface area contributed by atoms with E-state index in [0.717, 1.165) is 6.42 Å². The van der Waals surface area contributed by atoms with E-state index >= 15 is 0 Å². The standard InChI is InChI=1S/C21H26N2O3/c1-3-25-19-10-6-7-11-20(19)26-18-9-5-4-8-17(18)21(24)23-14-16(13-22)12-15(23)2/h4-11,15-16H,3,12-14,22H2,1-2H3. The average molecular weight is 354 g/mol. The number of likely N-dealkylation sites (tertiary alicyclic amines) is 1. The number of carbonyl (C=O) groups excluding carboxylic acids is 1. The molecular weight excluding hydrogens is 328 g/mol. The minimum atomic E-state index is -0.0158. The first-order valence-electron chi connectivity index (χ1n) is 9.13. The summed E-state index contributed by atoms with van der Waals surface area (Å²) in [4.78, 5) is 15.0. The molecule has 2 N–H and O–H groups in total. The summed E-state index contributed by atoms with van der Waals surface area (Å²) >= 11 is 0. The lowest BCUT2D eigenvalue weighted by Crippen LogP contribution is -2.34. The molecule has 0 saturated carbocycles. The fourth-order valence-corrected chi connectivity index (χ4v) is 3.41. The molecule has 2 atom stereocenters. The SMILES string of the molecule is CCOc1ccccc1Oc1ccccc1C(=O)N1CC(CN)CC1C. The van der Waals surface area contributed by atoms with Crippen LogP contribution in [0.5, 0.6) is 17.2 Å². The Balaban J connectivity index is 1.86. The second-order valence-corrected chi connectivity index (χ2v) is 6.62. The van der Waals surface area contributed by atoms with Crippen molar-refractivity contribution in [2.45, 2.75) is 26.3 Å². The second-order valence-electron chi connectivity index (χ2n) is 6.62. The van der Waals surface area contributed by atoms with E-state index in [1.165, 1.54) is 0 Å². The topological polar surface area (TPSA) is 64.8 Å². The zero-order valence-electron chi connectivity index (χ0n) is 15.4. The molecule has 1 saturated heterocycles. The zero-order chi connectivity index (χ0) is 18.5. The smallest absolute Gasteiger partial charge is 0.257 e. The Morgan fingerprint density at radius 1 is 1.12 bits per heavy atom. The summed E-state index contributed by atoms with van der Waals surface area (Å²) in [5.41, 5.74) is 6.36. The van der Waals surface area contributed by atoms with Gasteiger partial charge < -0.3 is 20.1 Å². The maximum atomic E-state index is 13.1. The van der Waals surface area contributed by atoms with Crippen LogP contribution in [0.15, 0.2) is 48.5 Å². The van der Waals surface area contributed by atoms with Gasteiger partial charge in [-0.2, -0.15) is 0 Å². The first-order valence-corrected chi connectivity index (χ1v) is 9.13. The molecule has 138 valence electrons. The maximum Gasteiger partial charge on any atom is 0.257 e. The summed E-state index contributed by atoms with van der Waals surface area (Å²) in [5.74, 6) is 2.14. The molecule has 0 radical (unpaired) electrons. The van der Waals surface area contributed by atoms with Crippen LogP contribution in [0, 0.1) is 5.92 Å². The third kappa shape index (κ3) is 3.83. The van der Waals surface area contributed by atoms with Gasteiger partial charge in [-0.05, 0) is 57.0 Å². The van der Waals surface area contributed by atoms with Crippen molar-refractivity contribution in [1.82, 2.24) is 4.90 Å². The van der Waals surface area contributed by atoms with E-state index in [-0.39, 0.29) is 11.9 Å². The van der Waals surface area contributed by atoms with Gasteiger partial charge in [-0.3, -0.25) is 4.79 Å². The Labute approximate surface area is 154 Å². The Kier molecular flexibility index (Phi) is 5.78. The van der Waals surface area contributed by atoms with Crippen LogP contribution >= 0.6 is 0 Å². The van der Waals surface area contributed by atoms with Crippen LogP contribution in [0.2, 0.25) is 0 Å². The molecular formula is C21H26N2O3. The molecule has 1 fully saturated rings. The van der Waals surface area contributed by atoms with Crippen LogP contribution in [0.3, 0.4) is 0 Å². The van der Waals surface area contributed by atoms with Gasteiger partial charge in [-0.1, -0.05) is 24.3 Å². The van der Waals surface area contributed by atoms with Crippen LogP contribution in [0.1, 0.15) is 30.6 Å². The molecule has 0 aliphatic carbocycles. The van der Waals surface area contributed by atoms with Crippen LogP contribution in [-0.2, 0) is 0 Å². The van der Waals surface area contributed by atoms with Gasteiger partial charge in [-0.25, -0.2) is 0 Å². The predicted molar refractivity (Wildman–Crippen MR) is 102 cm³/mol. The molecule has 0 spiro atoms. The van der Waals surface area contributed by atoms with Crippen LogP contribution < -0.4 is 15.2 Å². The molecule has 2 unspecified atom stereocenters. The van der Waals surface area contributed by atoms with Crippen molar-refractivity contribution in [3.8, 4) is 17.2 Å². The van der Waals surface area contributed by atoms with Crippen molar-refractivity contribution in [3.63, 3.8) is 0 Å². The van der Waals surface area contributed by atoms with Gasteiger partial charge in [-0.15, -0.1) is 0 Å². The van der Waals surface area contributed by atoms with Crippen LogP contribution in [-0.4, -0.2) is 36.5 Å². The molecule has 26 heavy (non-hydrogen) atoms. The summed E-state index contributed by atoms with van der Waals surface area (Å²) in [7, 11) is 0. The summed E-state index contributed by atoms with van der Waals surface area (Å²) in [6, 6.07) is 15.0. The van der Waals surface area contributed by atoms with E-state index in [0.29, 0.717) is 48.4 Å². The molecule has 3 rings (SSSR count). The molecule has 5 heteroatoms. The highest BCUT2D eigenvalue weighted by molar-refractivity contribution is 5.97. The van der Waals surface area contributed by atoms with Gasteiger partial charge in [0.15, 0.2) is 11.5 Å². The zero-order valence-corrected chi connectivity index (χ0v) is 15.4. The summed E-state index contributed by atoms with van der Waals surface area (Å²) in [5, 5.41) is 0. The van der Waals surface area contributed by atoms with Crippen LogP contribution in [0.4, 0.5) is 0 Å². The lowest BCUT2D eigenvalue weighted by atomic mass is 10.1. The average Bonchev–Trinajstić information content (AvgIpc) is 3.04. The molecule has 1 aliphatic rings. The Morgan fingerprint density at radius 2 is 1.77 bits per heavy atom. The molecule has 5 nitrogen and oxygen atoms in total. The quantitative estimate of drug-likeness (QED) is 0.859. The monoisotopic (exact) mass is 354 g/mol. The van der Waals surface area contributed by atoms with E-state index in [2.05, 4.69) is 6.92 Å². The molecule has 1 heterocycles. The van der Waals surface area contributed by atoms with E-state index in [1.807, 2.05) is 60.4 Å². The first-order chi connectivity index (χ1) is 12.6. The minimum absolute atomic E-state index is 0.0158. The molecule has 2 aromatic rings. The molecule has 0 bridgehead atoms. The van der Waals surface area contributed by atoms with Crippen molar-refractivity contribution < 1.29 is 14.3 Å². The predicted octanol–water partition coefficient (Wildman–Crippen LogP) is 3.69. The molecule has 1 aliphatic heterocycles. The van der Waals surface area contributed by atoms with Crippen molar-refractivity contribution in [3.05, 3.63) is 54.1 Å². The Hall–Kier alpha value is -2.53. The minimum Gasteiger partial charge on any atom is -0.490 e. The highest BCUT2D eigenvalue weighted by atomic mass is 16.5. The highest BCUT2D eigenvalue weighted by Gasteiger charge is 2.33. The number of amides is 1. The number of hydrogen-bond acceptors (Lipinski definition) is 4. The normalized spacial score (nSPS) is 19.4. The van der Waals surface area contributed by atoms with E-state index in [4.69, 9.17) is 15.2 Å². The van der Waals surface area contributed by atoms with Gasteiger partial charge in [0.05, 0.1) is 12.2 Å². The maximum absolute atomic E-state index is 13.1. The number of rotatable bonds is 6. The summed E-state index contributed by atoms with van der Waals surface area (Å²) in [6.07, 6.45) is 0.943. The molecule has 0 aromatic heterocycles. The summed E-state index contributed by atoms with van der Waals surface area (Å²) < 4.78 is 11.7. The molecule has 2 aromatic carbocycles. The van der Waals surface area contributed by atoms with Crippen molar-refractivity contribution in [2.24, 2.45) is 11.7 Å². The van der Waals surface area contributed by atoms with Gasteiger partial charge in [0.1, 0.15) is 5.75 Å². The van der Waals surface area contributed by atoms with Gasteiger partial charge >= 0.3 is 0 Å². The number of carbonyl (C=O) groups is 1. The third-order valence-corrected chi connectivity index (χ3v) is 4.74. The van der Waals surface area contributed by atoms with E-state index < -0.39 is 0 Å². The van der Waals surface area contributed by atoms with Gasteiger partial charge in [0.2, 0.25) is 0 Å². The Bertz CT molecular complexity index is 762. The Morgan fingerprint density at radius 3 is 2.42 bits per heavy atom. The lowest BCUT2D eigenvalue weighted by Gasteiger charge is -2.23. The number of ether oxygens (including phenoxy) is 2. The first kappa shape index (κ1) is 18.3. The fourth-order valence-electron chi connectivity index (χ4n) is 3.41. The van der Waals surface area contributed by atoms with Crippen LogP contribution in [0.25, 0.3) is 0 Å². The van der Waals surface area contributed by atoms with Crippen molar-refractivity contribution in [1.29, 1.82) is 0 Å². The number of hydrogen-bond donors (Lipinski definition) is 1. The third-order valence-electron chi connectivity index (χ3n) is 4.74. The van der Waals surface area contributed by atoms with Gasteiger partial charge in [0.25, 0.3) is 5.91 Å². The number of nitrogens with two attached hydrogens (primary N) is 1. The highest BCUT2D eigenvalue weighted by Crippen LogP contribution is 2.34. The molecule has 1 amide bonds. The number of nitrogens with zero attached hydrogens (tertiary/aromatic N) is 1. The van der Waals surface area contributed by atoms with Crippen molar-refractivity contribution >= 4 is 5.91 Å². The van der Waals surface area contributed by atoms with E-state index in [9.17, 15) is 4.79 Å². The van der Waals surface area contributed by atoms with E-state index in [1.54, 1.807) is 0 Å². The fraction of sp³-hybridized carbons (Fsp3) is 0.381. The second kappa shape index (κ2) is 8.23. The van der Waals surface area contributed by atoms with Gasteiger partial charge in [0, 0.05) is 12.6 Å². The number of para-hydroxylation sites is 3. The van der Waals surface area contributed by atoms with Crippen molar-refractivity contribution in [2.75, 3.05) is 19.7 Å². The largest absolute Gasteiger partial charge is 0.490 e. The number of benzene rings is 2.